The van der Waals surface area contributed by atoms with Crippen LogP contribution in [0.4, 0.5) is 0 Å². The number of piperidine rings is 1. The molecule has 0 radical (unpaired) electrons. The summed E-state index contributed by atoms with van der Waals surface area (Å²) in [5, 5.41) is 11.0. The normalized spacial score (nSPS) is 20.2. The molecule has 0 saturated carbocycles. The van der Waals surface area contributed by atoms with Gasteiger partial charge in [-0.15, -0.1) is 0 Å². The van der Waals surface area contributed by atoms with Gasteiger partial charge in [0, 0.05) is 23.5 Å². The van der Waals surface area contributed by atoms with Crippen LogP contribution in [0.25, 0.3) is 10.9 Å². The third kappa shape index (κ3) is 2.69. The molecule has 0 aliphatic carbocycles. The highest BCUT2D eigenvalue weighted by Gasteiger charge is 2.34. The molecule has 21 heavy (non-hydrogen) atoms. The van der Waals surface area contributed by atoms with Gasteiger partial charge < -0.3 is 4.98 Å². The van der Waals surface area contributed by atoms with Gasteiger partial charge in [0.05, 0.1) is 6.07 Å². The van der Waals surface area contributed by atoms with Gasteiger partial charge in [-0.05, 0) is 50.4 Å². The number of fused-ring (bicyclic) bond motifs is 1. The van der Waals surface area contributed by atoms with Crippen molar-refractivity contribution < 1.29 is 0 Å². The Labute approximate surface area is 126 Å². The summed E-state index contributed by atoms with van der Waals surface area (Å²) in [6, 6.07) is 10.9. The van der Waals surface area contributed by atoms with Crippen LogP contribution in [0.2, 0.25) is 0 Å². The van der Waals surface area contributed by atoms with Gasteiger partial charge in [0.15, 0.2) is 0 Å². The first kappa shape index (κ1) is 14.2. The number of hydrogen-bond donors (Lipinski definition) is 1. The van der Waals surface area contributed by atoms with Crippen LogP contribution < -0.4 is 0 Å². The lowest BCUT2D eigenvalue weighted by Crippen LogP contribution is -2.50. The smallest absolute Gasteiger partial charge is 0.110 e. The Hall–Kier alpha value is -1.79. The van der Waals surface area contributed by atoms with E-state index in [1.807, 2.05) is 6.07 Å². The molecule has 1 aliphatic heterocycles. The summed E-state index contributed by atoms with van der Waals surface area (Å²) in [6.07, 6.45) is 5.24. The molecule has 1 aliphatic rings. The fraction of sp³-hybridized carbons (Fsp3) is 0.500. The predicted octanol–water partition coefficient (Wildman–Crippen LogP) is 3.72. The molecule has 0 spiro atoms. The molecule has 0 bridgehead atoms. The molecule has 110 valence electrons. The van der Waals surface area contributed by atoms with Gasteiger partial charge in [0.1, 0.15) is 5.54 Å². The minimum Gasteiger partial charge on any atom is -0.361 e. The van der Waals surface area contributed by atoms with Gasteiger partial charge in [0.2, 0.25) is 0 Å². The molecule has 1 atom stereocenters. The van der Waals surface area contributed by atoms with Crippen molar-refractivity contribution in [1.29, 1.82) is 5.26 Å². The summed E-state index contributed by atoms with van der Waals surface area (Å²) >= 11 is 0. The van der Waals surface area contributed by atoms with Crippen LogP contribution in [-0.2, 0) is 6.42 Å². The zero-order chi connectivity index (χ0) is 14.9. The first-order valence-electron chi connectivity index (χ1n) is 7.84. The number of para-hydroxylation sites is 1. The van der Waals surface area contributed by atoms with Crippen LogP contribution in [0.1, 0.15) is 32.3 Å². The minimum absolute atomic E-state index is 0.412. The Morgan fingerprint density at radius 2 is 2.05 bits per heavy atom. The molecule has 1 saturated heterocycles. The molecule has 1 unspecified atom stereocenters. The second-order valence-corrected chi connectivity index (χ2v) is 6.59. The monoisotopic (exact) mass is 281 g/mol. The van der Waals surface area contributed by atoms with E-state index in [1.54, 1.807) is 0 Å². The summed E-state index contributed by atoms with van der Waals surface area (Å²) in [7, 11) is 0. The number of nitriles is 1. The Morgan fingerprint density at radius 1 is 1.33 bits per heavy atom. The van der Waals surface area contributed by atoms with Crippen molar-refractivity contribution in [2.45, 2.75) is 38.6 Å². The van der Waals surface area contributed by atoms with Crippen LogP contribution in [0.3, 0.4) is 0 Å². The summed E-state index contributed by atoms with van der Waals surface area (Å²) in [4.78, 5) is 5.69. The summed E-state index contributed by atoms with van der Waals surface area (Å²) < 4.78 is 0. The second kappa shape index (κ2) is 5.54. The number of aromatic nitrogens is 1. The molecule has 2 heterocycles. The van der Waals surface area contributed by atoms with E-state index in [4.69, 9.17) is 0 Å². The first-order valence-corrected chi connectivity index (χ1v) is 7.84. The van der Waals surface area contributed by atoms with Crippen molar-refractivity contribution in [2.24, 2.45) is 5.92 Å². The van der Waals surface area contributed by atoms with Gasteiger partial charge in [-0.2, -0.15) is 5.26 Å². The van der Waals surface area contributed by atoms with Crippen molar-refractivity contribution in [3.63, 3.8) is 0 Å². The Kier molecular flexibility index (Phi) is 3.73. The lowest BCUT2D eigenvalue weighted by Gasteiger charge is -2.40. The van der Waals surface area contributed by atoms with E-state index >= 15 is 0 Å². The molecule has 2 aromatic rings. The van der Waals surface area contributed by atoms with Crippen LogP contribution in [0, 0.1) is 17.2 Å². The molecular weight excluding hydrogens is 258 g/mol. The lowest BCUT2D eigenvalue weighted by atomic mass is 9.88. The zero-order valence-corrected chi connectivity index (χ0v) is 12.9. The summed E-state index contributed by atoms with van der Waals surface area (Å²) in [5.74, 6) is 0.789. The molecule has 3 heteroatoms. The van der Waals surface area contributed by atoms with Crippen molar-refractivity contribution >= 4 is 10.9 Å². The third-order valence-corrected chi connectivity index (χ3v) is 4.93. The van der Waals surface area contributed by atoms with E-state index in [0.29, 0.717) is 0 Å². The number of aromatic amines is 1. The summed E-state index contributed by atoms with van der Waals surface area (Å²) in [6.45, 7) is 6.46. The van der Waals surface area contributed by atoms with Crippen molar-refractivity contribution in [1.82, 2.24) is 9.88 Å². The predicted molar refractivity (Wildman–Crippen MR) is 86.0 cm³/mol. The third-order valence-electron chi connectivity index (χ3n) is 4.93. The molecule has 0 amide bonds. The molecule has 1 fully saturated rings. The quantitative estimate of drug-likeness (QED) is 0.931. The van der Waals surface area contributed by atoms with E-state index < -0.39 is 5.54 Å². The van der Waals surface area contributed by atoms with E-state index in [1.165, 1.54) is 23.8 Å². The number of hydrogen-bond acceptors (Lipinski definition) is 2. The number of H-pyrrole nitrogens is 1. The van der Waals surface area contributed by atoms with Gasteiger partial charge in [0.25, 0.3) is 0 Å². The van der Waals surface area contributed by atoms with Gasteiger partial charge in [-0.25, -0.2) is 0 Å². The van der Waals surface area contributed by atoms with Crippen LogP contribution >= 0.6 is 0 Å². The number of nitrogens with one attached hydrogen (secondary N) is 1. The minimum atomic E-state index is -0.412. The Balaban J connectivity index is 1.85. The van der Waals surface area contributed by atoms with Gasteiger partial charge in [-0.1, -0.05) is 25.1 Å². The number of nitrogens with zero attached hydrogens (tertiary/aromatic N) is 2. The highest BCUT2D eigenvalue weighted by molar-refractivity contribution is 5.83. The molecule has 1 N–H and O–H groups in total. The van der Waals surface area contributed by atoms with Crippen LogP contribution in [-0.4, -0.2) is 28.5 Å². The average Bonchev–Trinajstić information content (AvgIpc) is 2.91. The fourth-order valence-corrected chi connectivity index (χ4v) is 3.37. The van der Waals surface area contributed by atoms with Crippen LogP contribution in [0.5, 0.6) is 0 Å². The SMILES string of the molecule is CC1CCN(C(C)(C#N)Cc2c[nH]c3ccccc23)CC1. The maximum atomic E-state index is 9.77. The second-order valence-electron chi connectivity index (χ2n) is 6.59. The van der Waals surface area contributed by atoms with Crippen molar-refractivity contribution in [2.75, 3.05) is 13.1 Å². The maximum Gasteiger partial charge on any atom is 0.110 e. The molecule has 1 aromatic heterocycles. The number of benzene rings is 1. The molecule has 3 rings (SSSR count). The number of likely N-dealkylation sites (tertiary alicyclic amines) is 1. The molecule has 3 nitrogen and oxygen atoms in total. The largest absolute Gasteiger partial charge is 0.361 e. The topological polar surface area (TPSA) is 42.8 Å². The van der Waals surface area contributed by atoms with E-state index in [9.17, 15) is 5.26 Å². The Bertz CT molecular complexity index is 658. The van der Waals surface area contributed by atoms with Crippen molar-refractivity contribution in [3.8, 4) is 6.07 Å². The standard InChI is InChI=1S/C18H23N3/c1-14-7-9-21(10-8-14)18(2,13-19)11-15-12-20-17-6-4-3-5-16(15)17/h3-6,12,14,20H,7-11H2,1-2H3. The first-order chi connectivity index (χ1) is 10.1. The van der Waals surface area contributed by atoms with Crippen molar-refractivity contribution in [3.05, 3.63) is 36.0 Å². The highest BCUT2D eigenvalue weighted by atomic mass is 15.2. The summed E-state index contributed by atoms with van der Waals surface area (Å²) in [5.41, 5.74) is 1.98. The van der Waals surface area contributed by atoms with Gasteiger partial charge >= 0.3 is 0 Å². The van der Waals surface area contributed by atoms with E-state index in [0.717, 1.165) is 30.9 Å². The van der Waals surface area contributed by atoms with E-state index in [2.05, 4.69) is 54.2 Å². The molecule has 1 aromatic carbocycles. The zero-order valence-electron chi connectivity index (χ0n) is 12.9. The van der Waals surface area contributed by atoms with Crippen LogP contribution in [0.15, 0.2) is 30.5 Å². The van der Waals surface area contributed by atoms with E-state index in [-0.39, 0.29) is 0 Å². The van der Waals surface area contributed by atoms with Gasteiger partial charge in [-0.3, -0.25) is 4.90 Å². The Morgan fingerprint density at radius 3 is 2.76 bits per heavy atom. The maximum absolute atomic E-state index is 9.77. The number of rotatable bonds is 3. The fourth-order valence-electron chi connectivity index (χ4n) is 3.37. The lowest BCUT2D eigenvalue weighted by molar-refractivity contribution is 0.104. The molecular formula is C18H23N3. The highest BCUT2D eigenvalue weighted by Crippen LogP contribution is 2.29. The average molecular weight is 281 g/mol.